The topological polar surface area (TPSA) is 38.4 Å². The third-order valence-corrected chi connectivity index (χ3v) is 4.52. The van der Waals surface area contributed by atoms with Crippen molar-refractivity contribution >= 4 is 29.1 Å². The van der Waals surface area contributed by atoms with E-state index in [0.717, 1.165) is 11.5 Å². The standard InChI is InChI=1S/C18H16Cl2N2O2/c1-21-8-2-4-14(21)11-22(12-15-5-3-9-24-15)18(23)13-6-7-16(19)17(20)10-13/h2-10H,11-12H2,1H3. The monoisotopic (exact) mass is 362 g/mol. The van der Waals surface area contributed by atoms with Gasteiger partial charge in [-0.25, -0.2) is 0 Å². The Morgan fingerprint density at radius 1 is 1.12 bits per heavy atom. The first kappa shape index (κ1) is 16.7. The summed E-state index contributed by atoms with van der Waals surface area (Å²) in [4.78, 5) is 14.7. The van der Waals surface area contributed by atoms with Crippen molar-refractivity contribution in [3.8, 4) is 0 Å². The predicted molar refractivity (Wildman–Crippen MR) is 94.2 cm³/mol. The first-order valence-corrected chi connectivity index (χ1v) is 8.17. The Balaban J connectivity index is 1.89. The molecule has 0 aliphatic carbocycles. The molecule has 0 aliphatic heterocycles. The molecular weight excluding hydrogens is 347 g/mol. The molecule has 3 aromatic rings. The van der Waals surface area contributed by atoms with Crippen LogP contribution < -0.4 is 0 Å². The molecule has 3 rings (SSSR count). The van der Waals surface area contributed by atoms with Gasteiger partial charge in [-0.1, -0.05) is 23.2 Å². The molecule has 2 heterocycles. The third-order valence-electron chi connectivity index (χ3n) is 3.78. The van der Waals surface area contributed by atoms with Crippen molar-refractivity contribution in [2.24, 2.45) is 7.05 Å². The highest BCUT2D eigenvalue weighted by molar-refractivity contribution is 6.42. The predicted octanol–water partition coefficient (Wildman–Crippen LogP) is 4.77. The SMILES string of the molecule is Cn1cccc1CN(Cc1ccco1)C(=O)c1ccc(Cl)c(Cl)c1. The van der Waals surface area contributed by atoms with Crippen molar-refractivity contribution in [3.63, 3.8) is 0 Å². The minimum Gasteiger partial charge on any atom is -0.467 e. The second-order valence-corrected chi connectivity index (χ2v) is 6.29. The van der Waals surface area contributed by atoms with E-state index in [0.29, 0.717) is 28.7 Å². The van der Waals surface area contributed by atoms with Crippen LogP contribution in [0, 0.1) is 0 Å². The minimum atomic E-state index is -0.133. The van der Waals surface area contributed by atoms with Gasteiger partial charge in [-0.05, 0) is 42.5 Å². The van der Waals surface area contributed by atoms with Crippen LogP contribution in [-0.4, -0.2) is 15.4 Å². The molecule has 0 unspecified atom stereocenters. The first-order valence-electron chi connectivity index (χ1n) is 7.41. The summed E-state index contributed by atoms with van der Waals surface area (Å²) in [7, 11) is 1.95. The van der Waals surface area contributed by atoms with Crippen LogP contribution in [0.3, 0.4) is 0 Å². The molecule has 1 amide bonds. The quantitative estimate of drug-likeness (QED) is 0.655. The Morgan fingerprint density at radius 2 is 1.96 bits per heavy atom. The molecule has 0 N–H and O–H groups in total. The molecule has 0 radical (unpaired) electrons. The van der Waals surface area contributed by atoms with Crippen LogP contribution >= 0.6 is 23.2 Å². The van der Waals surface area contributed by atoms with Crippen molar-refractivity contribution in [1.29, 1.82) is 0 Å². The lowest BCUT2D eigenvalue weighted by Gasteiger charge is -2.22. The molecule has 6 heteroatoms. The maximum atomic E-state index is 12.9. The van der Waals surface area contributed by atoms with Gasteiger partial charge < -0.3 is 13.9 Å². The van der Waals surface area contributed by atoms with Crippen LogP contribution in [-0.2, 0) is 20.1 Å². The molecule has 24 heavy (non-hydrogen) atoms. The Hall–Kier alpha value is -2.17. The Morgan fingerprint density at radius 3 is 2.58 bits per heavy atom. The van der Waals surface area contributed by atoms with Gasteiger partial charge in [0.15, 0.2) is 0 Å². The smallest absolute Gasteiger partial charge is 0.254 e. The average Bonchev–Trinajstić information content (AvgIpc) is 3.21. The zero-order valence-electron chi connectivity index (χ0n) is 13.1. The highest BCUT2D eigenvalue weighted by atomic mass is 35.5. The van der Waals surface area contributed by atoms with Gasteiger partial charge in [-0.2, -0.15) is 0 Å². The average molecular weight is 363 g/mol. The fourth-order valence-corrected chi connectivity index (χ4v) is 2.76. The number of furan rings is 1. The van der Waals surface area contributed by atoms with Crippen molar-refractivity contribution < 1.29 is 9.21 Å². The van der Waals surface area contributed by atoms with Crippen LogP contribution in [0.4, 0.5) is 0 Å². The van der Waals surface area contributed by atoms with Crippen LogP contribution in [0.5, 0.6) is 0 Å². The van der Waals surface area contributed by atoms with E-state index >= 15 is 0 Å². The Kier molecular flexibility index (Phi) is 4.97. The molecule has 0 spiro atoms. The number of benzene rings is 1. The number of carbonyl (C=O) groups excluding carboxylic acids is 1. The van der Waals surface area contributed by atoms with E-state index in [2.05, 4.69) is 0 Å². The highest BCUT2D eigenvalue weighted by Gasteiger charge is 2.19. The number of nitrogens with zero attached hydrogens (tertiary/aromatic N) is 2. The fraction of sp³-hybridized carbons (Fsp3) is 0.167. The van der Waals surface area contributed by atoms with E-state index in [1.54, 1.807) is 35.4 Å². The van der Waals surface area contributed by atoms with Gasteiger partial charge in [0, 0.05) is 24.5 Å². The van der Waals surface area contributed by atoms with E-state index in [4.69, 9.17) is 27.6 Å². The lowest BCUT2D eigenvalue weighted by atomic mass is 10.2. The van der Waals surface area contributed by atoms with Gasteiger partial charge in [0.25, 0.3) is 5.91 Å². The molecule has 1 aromatic carbocycles. The van der Waals surface area contributed by atoms with E-state index < -0.39 is 0 Å². The number of aryl methyl sites for hydroxylation is 1. The number of carbonyl (C=O) groups is 1. The van der Waals surface area contributed by atoms with Gasteiger partial charge in [-0.3, -0.25) is 4.79 Å². The van der Waals surface area contributed by atoms with Gasteiger partial charge in [0.1, 0.15) is 5.76 Å². The van der Waals surface area contributed by atoms with Crippen LogP contribution in [0.1, 0.15) is 21.8 Å². The minimum absolute atomic E-state index is 0.133. The molecular formula is C18H16Cl2N2O2. The summed E-state index contributed by atoms with van der Waals surface area (Å²) < 4.78 is 7.38. The molecule has 0 atom stereocenters. The van der Waals surface area contributed by atoms with Crippen molar-refractivity contribution in [2.45, 2.75) is 13.1 Å². The van der Waals surface area contributed by atoms with Crippen LogP contribution in [0.15, 0.2) is 59.3 Å². The summed E-state index contributed by atoms with van der Waals surface area (Å²) in [5.41, 5.74) is 1.51. The normalized spacial score (nSPS) is 10.8. The fourth-order valence-electron chi connectivity index (χ4n) is 2.46. The van der Waals surface area contributed by atoms with Crippen molar-refractivity contribution in [1.82, 2.24) is 9.47 Å². The van der Waals surface area contributed by atoms with Crippen molar-refractivity contribution in [2.75, 3.05) is 0 Å². The van der Waals surface area contributed by atoms with Gasteiger partial charge >= 0.3 is 0 Å². The molecule has 124 valence electrons. The Labute approximate surface area is 150 Å². The number of hydrogen-bond donors (Lipinski definition) is 0. The second-order valence-electron chi connectivity index (χ2n) is 5.48. The maximum Gasteiger partial charge on any atom is 0.254 e. The van der Waals surface area contributed by atoms with E-state index in [1.807, 2.05) is 36.0 Å². The molecule has 0 bridgehead atoms. The number of amides is 1. The molecule has 2 aromatic heterocycles. The van der Waals surface area contributed by atoms with Crippen molar-refractivity contribution in [3.05, 3.63) is 82.0 Å². The van der Waals surface area contributed by atoms with Gasteiger partial charge in [0.05, 0.1) is 29.4 Å². The number of halogens is 2. The van der Waals surface area contributed by atoms with E-state index in [-0.39, 0.29) is 5.91 Å². The van der Waals surface area contributed by atoms with E-state index in [1.165, 1.54) is 0 Å². The number of hydrogen-bond acceptors (Lipinski definition) is 2. The van der Waals surface area contributed by atoms with Crippen LogP contribution in [0.2, 0.25) is 10.0 Å². The summed E-state index contributed by atoms with van der Waals surface area (Å²) in [5.74, 6) is 0.587. The highest BCUT2D eigenvalue weighted by Crippen LogP contribution is 2.24. The lowest BCUT2D eigenvalue weighted by molar-refractivity contribution is 0.0714. The molecule has 0 aliphatic rings. The summed E-state index contributed by atoms with van der Waals surface area (Å²) in [5, 5.41) is 0.785. The summed E-state index contributed by atoms with van der Waals surface area (Å²) >= 11 is 12.0. The van der Waals surface area contributed by atoms with Gasteiger partial charge in [-0.15, -0.1) is 0 Å². The summed E-state index contributed by atoms with van der Waals surface area (Å²) in [6, 6.07) is 12.5. The van der Waals surface area contributed by atoms with E-state index in [9.17, 15) is 4.79 Å². The zero-order chi connectivity index (χ0) is 17.1. The molecule has 0 saturated carbocycles. The third kappa shape index (κ3) is 3.66. The molecule has 4 nitrogen and oxygen atoms in total. The maximum absolute atomic E-state index is 12.9. The Bertz CT molecular complexity index is 841. The number of aromatic nitrogens is 1. The molecule has 0 saturated heterocycles. The largest absolute Gasteiger partial charge is 0.467 e. The summed E-state index contributed by atoms with van der Waals surface area (Å²) in [6.07, 6.45) is 3.55. The number of rotatable bonds is 5. The van der Waals surface area contributed by atoms with Gasteiger partial charge in [0.2, 0.25) is 0 Å². The lowest BCUT2D eigenvalue weighted by Crippen LogP contribution is -2.30. The zero-order valence-corrected chi connectivity index (χ0v) is 14.6. The first-order chi connectivity index (χ1) is 11.5. The summed E-state index contributed by atoms with van der Waals surface area (Å²) in [6.45, 7) is 0.834. The molecule has 0 fully saturated rings. The van der Waals surface area contributed by atoms with Crippen LogP contribution in [0.25, 0.3) is 0 Å². The second kappa shape index (κ2) is 7.16.